The van der Waals surface area contributed by atoms with Crippen LogP contribution in [0.15, 0.2) is 72.8 Å². The predicted molar refractivity (Wildman–Crippen MR) is 104 cm³/mol. The standard InChI is InChI=1S/C21H13Cl2N/c22-15-11-9-14(10-12-15)13-19(23)21-18-7-2-1-5-16(18)17-6-3-4-8-20(17)24-21/h1-13H/b19-13+. The molecule has 0 aliphatic carbocycles. The molecule has 0 unspecified atom stereocenters. The van der Waals surface area contributed by atoms with Gasteiger partial charge in [-0.15, -0.1) is 0 Å². The Balaban J connectivity index is 1.96. The van der Waals surface area contributed by atoms with Crippen LogP contribution in [0.1, 0.15) is 11.3 Å². The molecule has 4 rings (SSSR count). The van der Waals surface area contributed by atoms with E-state index in [4.69, 9.17) is 28.2 Å². The van der Waals surface area contributed by atoms with Crippen LogP contribution in [0.2, 0.25) is 5.02 Å². The third-order valence-corrected chi connectivity index (χ3v) is 4.54. The van der Waals surface area contributed by atoms with Gasteiger partial charge in [0, 0.05) is 15.8 Å². The van der Waals surface area contributed by atoms with Gasteiger partial charge in [0.25, 0.3) is 0 Å². The number of nitrogens with zero attached hydrogens (tertiary/aromatic N) is 1. The minimum Gasteiger partial charge on any atom is -0.246 e. The molecule has 0 aliphatic heterocycles. The Labute approximate surface area is 150 Å². The van der Waals surface area contributed by atoms with Crippen LogP contribution < -0.4 is 0 Å². The number of rotatable bonds is 2. The predicted octanol–water partition coefficient (Wildman–Crippen LogP) is 6.78. The van der Waals surface area contributed by atoms with E-state index in [1.54, 1.807) is 0 Å². The molecular formula is C21H13Cl2N. The van der Waals surface area contributed by atoms with Crippen molar-refractivity contribution in [1.29, 1.82) is 0 Å². The molecule has 3 heteroatoms. The molecule has 0 saturated carbocycles. The van der Waals surface area contributed by atoms with E-state index in [2.05, 4.69) is 18.2 Å². The fourth-order valence-electron chi connectivity index (χ4n) is 2.86. The summed E-state index contributed by atoms with van der Waals surface area (Å²) in [6.45, 7) is 0. The second-order valence-electron chi connectivity index (χ2n) is 5.57. The molecule has 1 heterocycles. The van der Waals surface area contributed by atoms with E-state index in [-0.39, 0.29) is 0 Å². The average molecular weight is 350 g/mol. The lowest BCUT2D eigenvalue weighted by molar-refractivity contribution is 1.40. The minimum atomic E-state index is 0.610. The van der Waals surface area contributed by atoms with Gasteiger partial charge in [-0.25, -0.2) is 4.98 Å². The molecule has 1 nitrogen and oxygen atoms in total. The third-order valence-electron chi connectivity index (χ3n) is 4.00. The second-order valence-corrected chi connectivity index (χ2v) is 6.41. The molecular weight excluding hydrogens is 337 g/mol. The molecule has 3 aromatic carbocycles. The Bertz CT molecular complexity index is 1070. The van der Waals surface area contributed by atoms with Crippen LogP contribution in [0, 0.1) is 0 Å². The van der Waals surface area contributed by atoms with Gasteiger partial charge >= 0.3 is 0 Å². The Morgan fingerprint density at radius 3 is 2.12 bits per heavy atom. The van der Waals surface area contributed by atoms with Crippen LogP contribution in [0.5, 0.6) is 0 Å². The molecule has 0 bridgehead atoms. The molecule has 0 radical (unpaired) electrons. The van der Waals surface area contributed by atoms with Gasteiger partial charge in [-0.1, -0.05) is 77.8 Å². The maximum absolute atomic E-state index is 6.63. The van der Waals surface area contributed by atoms with Gasteiger partial charge in [0.2, 0.25) is 0 Å². The number of aromatic nitrogens is 1. The van der Waals surface area contributed by atoms with Gasteiger partial charge in [-0.3, -0.25) is 0 Å². The number of pyridine rings is 1. The summed E-state index contributed by atoms with van der Waals surface area (Å²) >= 11 is 12.6. The van der Waals surface area contributed by atoms with Crippen LogP contribution >= 0.6 is 23.2 Å². The summed E-state index contributed by atoms with van der Waals surface area (Å²) in [7, 11) is 0. The van der Waals surface area contributed by atoms with E-state index in [0.29, 0.717) is 10.1 Å². The van der Waals surface area contributed by atoms with Crippen molar-refractivity contribution in [2.75, 3.05) is 0 Å². The first kappa shape index (κ1) is 15.2. The molecule has 0 aliphatic rings. The zero-order chi connectivity index (χ0) is 16.5. The van der Waals surface area contributed by atoms with Gasteiger partial charge in [0.15, 0.2) is 0 Å². The van der Waals surface area contributed by atoms with Crippen molar-refractivity contribution in [3.05, 3.63) is 89.1 Å². The quantitative estimate of drug-likeness (QED) is 0.363. The van der Waals surface area contributed by atoms with Crippen molar-refractivity contribution >= 4 is 56.0 Å². The zero-order valence-corrected chi connectivity index (χ0v) is 14.2. The molecule has 1 aromatic heterocycles. The molecule has 116 valence electrons. The lowest BCUT2D eigenvalue weighted by Crippen LogP contribution is -1.90. The Kier molecular flexibility index (Phi) is 3.97. The summed E-state index contributed by atoms with van der Waals surface area (Å²) in [4.78, 5) is 4.79. The zero-order valence-electron chi connectivity index (χ0n) is 12.7. The van der Waals surface area contributed by atoms with Crippen LogP contribution in [-0.4, -0.2) is 4.98 Å². The fourth-order valence-corrected chi connectivity index (χ4v) is 3.26. The highest BCUT2D eigenvalue weighted by atomic mass is 35.5. The lowest BCUT2D eigenvalue weighted by Gasteiger charge is -2.09. The van der Waals surface area contributed by atoms with Crippen molar-refractivity contribution in [1.82, 2.24) is 4.98 Å². The van der Waals surface area contributed by atoms with Crippen LogP contribution in [0.25, 0.3) is 32.8 Å². The molecule has 4 aromatic rings. The average Bonchev–Trinajstić information content (AvgIpc) is 2.63. The normalized spacial score (nSPS) is 12.0. The molecule has 0 spiro atoms. The van der Waals surface area contributed by atoms with E-state index >= 15 is 0 Å². The minimum absolute atomic E-state index is 0.610. The summed E-state index contributed by atoms with van der Waals surface area (Å²) in [5.41, 5.74) is 2.72. The smallest absolute Gasteiger partial charge is 0.0902 e. The van der Waals surface area contributed by atoms with Crippen molar-refractivity contribution in [2.24, 2.45) is 0 Å². The second kappa shape index (κ2) is 6.27. The van der Waals surface area contributed by atoms with Crippen molar-refractivity contribution in [3.8, 4) is 0 Å². The summed E-state index contributed by atoms with van der Waals surface area (Å²) in [6.07, 6.45) is 1.92. The Morgan fingerprint density at radius 1 is 0.750 bits per heavy atom. The maximum atomic E-state index is 6.63. The number of hydrogen-bond donors (Lipinski definition) is 0. The molecule has 0 fully saturated rings. The Morgan fingerprint density at radius 2 is 1.38 bits per heavy atom. The molecule has 0 amide bonds. The van der Waals surface area contributed by atoms with Crippen LogP contribution in [0.3, 0.4) is 0 Å². The topological polar surface area (TPSA) is 12.9 Å². The van der Waals surface area contributed by atoms with Gasteiger partial charge < -0.3 is 0 Å². The largest absolute Gasteiger partial charge is 0.246 e. The van der Waals surface area contributed by atoms with Crippen molar-refractivity contribution < 1.29 is 0 Å². The van der Waals surface area contributed by atoms with Gasteiger partial charge in [-0.2, -0.15) is 0 Å². The highest BCUT2D eigenvalue weighted by Gasteiger charge is 2.10. The van der Waals surface area contributed by atoms with E-state index < -0.39 is 0 Å². The first-order valence-corrected chi connectivity index (χ1v) is 8.38. The maximum Gasteiger partial charge on any atom is 0.0902 e. The number of hydrogen-bond acceptors (Lipinski definition) is 1. The van der Waals surface area contributed by atoms with E-state index in [0.717, 1.165) is 32.9 Å². The Hall–Kier alpha value is -2.35. The number of halogens is 2. The van der Waals surface area contributed by atoms with Crippen molar-refractivity contribution in [3.63, 3.8) is 0 Å². The molecule has 0 atom stereocenters. The van der Waals surface area contributed by atoms with Gasteiger partial charge in [0.1, 0.15) is 0 Å². The van der Waals surface area contributed by atoms with Gasteiger partial charge in [-0.05, 0) is 35.2 Å². The number of benzene rings is 3. The van der Waals surface area contributed by atoms with E-state index in [1.807, 2.05) is 60.7 Å². The summed E-state index contributed by atoms with van der Waals surface area (Å²) in [5, 5.41) is 4.65. The van der Waals surface area contributed by atoms with Crippen molar-refractivity contribution in [2.45, 2.75) is 0 Å². The monoisotopic (exact) mass is 349 g/mol. The van der Waals surface area contributed by atoms with Gasteiger partial charge in [0.05, 0.1) is 16.2 Å². The summed E-state index contributed by atoms with van der Waals surface area (Å²) in [6, 6.07) is 23.9. The van der Waals surface area contributed by atoms with Crippen LogP contribution in [0.4, 0.5) is 0 Å². The highest BCUT2D eigenvalue weighted by Crippen LogP contribution is 2.32. The van der Waals surface area contributed by atoms with Crippen LogP contribution in [-0.2, 0) is 0 Å². The highest BCUT2D eigenvalue weighted by molar-refractivity contribution is 6.52. The summed E-state index contributed by atoms with van der Waals surface area (Å²) in [5.74, 6) is 0. The molecule has 0 N–H and O–H groups in total. The lowest BCUT2D eigenvalue weighted by atomic mass is 10.0. The fraction of sp³-hybridized carbons (Fsp3) is 0. The molecule has 0 saturated heterocycles. The first-order chi connectivity index (χ1) is 11.7. The first-order valence-electron chi connectivity index (χ1n) is 7.63. The SMILES string of the molecule is Cl/C(=C/c1ccc(Cl)cc1)c1nc2ccccc2c2ccccc12. The summed E-state index contributed by atoms with van der Waals surface area (Å²) < 4.78 is 0. The molecule has 24 heavy (non-hydrogen) atoms. The number of fused-ring (bicyclic) bond motifs is 3. The van der Waals surface area contributed by atoms with E-state index in [9.17, 15) is 0 Å². The third kappa shape index (κ3) is 2.77. The van der Waals surface area contributed by atoms with E-state index in [1.165, 1.54) is 0 Å². The number of para-hydroxylation sites is 1.